The van der Waals surface area contributed by atoms with E-state index in [0.717, 1.165) is 41.6 Å². The van der Waals surface area contributed by atoms with Crippen molar-refractivity contribution in [2.45, 2.75) is 42.5 Å². The molecule has 0 saturated heterocycles. The van der Waals surface area contributed by atoms with Crippen LogP contribution in [-0.4, -0.2) is 33.3 Å². The average molecular weight is 468 g/mol. The van der Waals surface area contributed by atoms with Crippen LogP contribution in [-0.2, 0) is 10.0 Å². The van der Waals surface area contributed by atoms with Gasteiger partial charge in [0.1, 0.15) is 17.6 Å². The number of hydrogen-bond donors (Lipinski definition) is 1. The van der Waals surface area contributed by atoms with Crippen molar-refractivity contribution in [3.63, 3.8) is 0 Å². The lowest BCUT2D eigenvalue weighted by atomic mass is 9.84. The molecule has 0 amide bonds. The van der Waals surface area contributed by atoms with Gasteiger partial charge in [0, 0.05) is 18.2 Å². The molecule has 5 rings (SSSR count). The average Bonchev–Trinajstić information content (AvgIpc) is 3.51. The highest BCUT2D eigenvalue weighted by molar-refractivity contribution is 7.90. The standard InChI is InChI=1S/C22H21N5O5S/c28-27(29)19-12-24-22-18(10-11-26(22)33(30,31)17-4-2-1-3-5-17)21(19)25-16-8-6-15(7-9-16)20-13-23-14-32-20/h1-5,10-16H,6-9H2,(H,24,25). The number of fused-ring (bicyclic) bond motifs is 1. The molecule has 3 heterocycles. The van der Waals surface area contributed by atoms with Gasteiger partial charge in [-0.3, -0.25) is 10.1 Å². The second-order valence-electron chi connectivity index (χ2n) is 8.04. The summed E-state index contributed by atoms with van der Waals surface area (Å²) in [6, 6.07) is 9.56. The molecular weight excluding hydrogens is 446 g/mol. The van der Waals surface area contributed by atoms with Gasteiger partial charge in [-0.25, -0.2) is 22.4 Å². The third-order valence-corrected chi connectivity index (χ3v) is 7.77. The number of aromatic nitrogens is 3. The van der Waals surface area contributed by atoms with Crippen LogP contribution in [0, 0.1) is 10.1 Å². The van der Waals surface area contributed by atoms with Crippen LogP contribution < -0.4 is 5.32 Å². The highest BCUT2D eigenvalue weighted by Crippen LogP contribution is 2.38. The molecule has 3 aromatic heterocycles. The van der Waals surface area contributed by atoms with Crippen LogP contribution in [0.15, 0.2) is 70.7 Å². The first-order valence-corrected chi connectivity index (χ1v) is 12.0. The van der Waals surface area contributed by atoms with Crippen molar-refractivity contribution in [2.75, 3.05) is 5.32 Å². The smallest absolute Gasteiger partial charge is 0.311 e. The fraction of sp³-hybridized carbons (Fsp3) is 0.273. The highest BCUT2D eigenvalue weighted by atomic mass is 32.2. The van der Waals surface area contributed by atoms with E-state index >= 15 is 0 Å². The number of nitro groups is 1. The number of benzene rings is 1. The summed E-state index contributed by atoms with van der Waals surface area (Å²) in [7, 11) is -3.90. The Labute approximate surface area is 189 Å². The van der Waals surface area contributed by atoms with Crippen LogP contribution in [0.5, 0.6) is 0 Å². The van der Waals surface area contributed by atoms with Crippen molar-refractivity contribution >= 4 is 32.4 Å². The van der Waals surface area contributed by atoms with Gasteiger partial charge >= 0.3 is 5.69 Å². The second-order valence-corrected chi connectivity index (χ2v) is 9.85. The van der Waals surface area contributed by atoms with Gasteiger partial charge in [0.15, 0.2) is 12.0 Å². The van der Waals surface area contributed by atoms with Gasteiger partial charge in [-0.1, -0.05) is 18.2 Å². The number of anilines is 1. The number of pyridine rings is 1. The van der Waals surface area contributed by atoms with Crippen molar-refractivity contribution in [3.05, 3.63) is 77.3 Å². The Balaban J connectivity index is 1.48. The minimum atomic E-state index is -3.90. The van der Waals surface area contributed by atoms with E-state index in [1.54, 1.807) is 30.5 Å². The Morgan fingerprint density at radius 2 is 1.85 bits per heavy atom. The fourth-order valence-corrected chi connectivity index (χ4v) is 5.72. The van der Waals surface area contributed by atoms with Gasteiger partial charge in [0.25, 0.3) is 10.0 Å². The van der Waals surface area contributed by atoms with Gasteiger partial charge < -0.3 is 9.73 Å². The molecule has 10 nitrogen and oxygen atoms in total. The second kappa shape index (κ2) is 8.32. The number of rotatable bonds is 6. The van der Waals surface area contributed by atoms with Crippen LogP contribution in [0.25, 0.3) is 11.0 Å². The molecule has 170 valence electrons. The molecular formula is C22H21N5O5S. The van der Waals surface area contributed by atoms with Gasteiger partial charge in [-0.05, 0) is 43.9 Å². The zero-order valence-corrected chi connectivity index (χ0v) is 18.3. The summed E-state index contributed by atoms with van der Waals surface area (Å²) in [5.41, 5.74) is 0.243. The van der Waals surface area contributed by atoms with Gasteiger partial charge in [0.2, 0.25) is 0 Å². The maximum Gasteiger partial charge on any atom is 0.311 e. The number of nitrogens with zero attached hydrogens (tertiary/aromatic N) is 4. The Hall–Kier alpha value is -3.73. The Bertz CT molecular complexity index is 1390. The zero-order valence-electron chi connectivity index (χ0n) is 17.5. The topological polar surface area (TPSA) is 133 Å². The van der Waals surface area contributed by atoms with E-state index in [1.807, 2.05) is 0 Å². The quantitative estimate of drug-likeness (QED) is 0.328. The molecule has 1 N–H and O–H groups in total. The molecule has 1 saturated carbocycles. The van der Waals surface area contributed by atoms with E-state index in [4.69, 9.17) is 4.42 Å². The lowest BCUT2D eigenvalue weighted by Gasteiger charge is -2.28. The summed E-state index contributed by atoms with van der Waals surface area (Å²) in [5, 5.41) is 15.4. The minimum absolute atomic E-state index is 0.00236. The van der Waals surface area contributed by atoms with Crippen molar-refractivity contribution in [1.82, 2.24) is 13.9 Å². The predicted octanol–water partition coefficient (Wildman–Crippen LogP) is 4.31. The molecule has 1 aromatic carbocycles. The minimum Gasteiger partial charge on any atom is -0.448 e. The van der Waals surface area contributed by atoms with Crippen molar-refractivity contribution < 1.29 is 17.8 Å². The van der Waals surface area contributed by atoms with Crippen LogP contribution in [0.2, 0.25) is 0 Å². The van der Waals surface area contributed by atoms with Crippen LogP contribution in [0.4, 0.5) is 11.4 Å². The van der Waals surface area contributed by atoms with Gasteiger partial charge in [-0.2, -0.15) is 0 Å². The first-order valence-electron chi connectivity index (χ1n) is 10.5. The summed E-state index contributed by atoms with van der Waals surface area (Å²) >= 11 is 0. The van der Waals surface area contributed by atoms with Crippen molar-refractivity contribution in [1.29, 1.82) is 0 Å². The molecule has 1 aliphatic carbocycles. The monoisotopic (exact) mass is 467 g/mol. The molecule has 4 aromatic rings. The summed E-state index contributed by atoms with van der Waals surface area (Å²) < 4.78 is 32.7. The third-order valence-electron chi connectivity index (χ3n) is 6.09. The Kier molecular flexibility index (Phi) is 5.33. The molecule has 0 atom stereocenters. The van der Waals surface area contributed by atoms with E-state index < -0.39 is 14.9 Å². The molecule has 33 heavy (non-hydrogen) atoms. The summed E-state index contributed by atoms with van der Waals surface area (Å²) in [4.78, 5) is 19.4. The van der Waals surface area contributed by atoms with E-state index in [-0.39, 0.29) is 33.9 Å². The molecule has 0 unspecified atom stereocenters. The highest BCUT2D eigenvalue weighted by Gasteiger charge is 2.29. The molecule has 11 heteroatoms. The van der Waals surface area contributed by atoms with E-state index in [0.29, 0.717) is 5.39 Å². The molecule has 0 radical (unpaired) electrons. The largest absolute Gasteiger partial charge is 0.448 e. The lowest BCUT2D eigenvalue weighted by molar-refractivity contribution is -0.384. The van der Waals surface area contributed by atoms with E-state index in [9.17, 15) is 18.5 Å². The summed E-state index contributed by atoms with van der Waals surface area (Å²) in [5.74, 6) is 1.13. The maximum atomic E-state index is 13.1. The zero-order chi connectivity index (χ0) is 23.0. The predicted molar refractivity (Wildman–Crippen MR) is 121 cm³/mol. The number of nitrogens with one attached hydrogen (secondary N) is 1. The third kappa shape index (κ3) is 3.84. The molecule has 1 aliphatic rings. The van der Waals surface area contributed by atoms with Crippen molar-refractivity contribution in [3.8, 4) is 0 Å². The molecule has 1 fully saturated rings. The fourth-order valence-electron chi connectivity index (χ4n) is 4.40. The molecule has 0 aliphatic heterocycles. The van der Waals surface area contributed by atoms with Gasteiger partial charge in [-0.15, -0.1) is 0 Å². The van der Waals surface area contributed by atoms with Crippen LogP contribution in [0.3, 0.4) is 0 Å². The first-order chi connectivity index (χ1) is 15.9. The summed E-state index contributed by atoms with van der Waals surface area (Å²) in [6.07, 6.45) is 8.94. The Morgan fingerprint density at radius 3 is 2.52 bits per heavy atom. The van der Waals surface area contributed by atoms with Gasteiger partial charge in [0.05, 0.1) is 21.4 Å². The van der Waals surface area contributed by atoms with Crippen molar-refractivity contribution in [2.24, 2.45) is 0 Å². The van der Waals surface area contributed by atoms with Crippen LogP contribution >= 0.6 is 0 Å². The number of hydrogen-bond acceptors (Lipinski definition) is 8. The first kappa shape index (κ1) is 21.1. The molecule has 0 spiro atoms. The number of oxazole rings is 1. The lowest BCUT2D eigenvalue weighted by Crippen LogP contribution is -2.26. The van der Waals surface area contributed by atoms with E-state index in [1.165, 1.54) is 24.7 Å². The van der Waals surface area contributed by atoms with E-state index in [2.05, 4.69) is 15.3 Å². The molecule has 0 bridgehead atoms. The SMILES string of the molecule is O=[N+]([O-])c1cnc2c(ccn2S(=O)(=O)c2ccccc2)c1NC1CCC(c2cnco2)CC1. The Morgan fingerprint density at radius 1 is 1.09 bits per heavy atom. The summed E-state index contributed by atoms with van der Waals surface area (Å²) in [6.45, 7) is 0. The maximum absolute atomic E-state index is 13.1. The normalized spacial score (nSPS) is 18.9. The van der Waals surface area contributed by atoms with Crippen LogP contribution in [0.1, 0.15) is 37.4 Å².